The van der Waals surface area contributed by atoms with Gasteiger partial charge in [0.05, 0.1) is 24.2 Å². The Morgan fingerprint density at radius 2 is 2.09 bits per heavy atom. The van der Waals surface area contributed by atoms with E-state index in [4.69, 9.17) is 21.8 Å². The van der Waals surface area contributed by atoms with Crippen LogP contribution in [-0.2, 0) is 0 Å². The van der Waals surface area contributed by atoms with Gasteiger partial charge in [0.25, 0.3) is 0 Å². The van der Waals surface area contributed by atoms with Gasteiger partial charge in [-0.25, -0.2) is 9.97 Å². The molecule has 0 spiro atoms. The van der Waals surface area contributed by atoms with Crippen LogP contribution in [0.3, 0.4) is 0 Å². The summed E-state index contributed by atoms with van der Waals surface area (Å²) in [6, 6.07) is 2.43. The van der Waals surface area contributed by atoms with E-state index in [0.717, 1.165) is 24.0 Å². The average molecular weight is 337 g/mol. The Balaban J connectivity index is 0.000000142. The molecule has 3 aliphatic carbocycles. The average Bonchev–Trinajstić information content (AvgIpc) is 2.96. The summed E-state index contributed by atoms with van der Waals surface area (Å²) in [5.74, 6) is 1.13. The molecule has 4 N–H and O–H groups in total. The predicted octanol–water partition coefficient (Wildman–Crippen LogP) is 2.32. The molecule has 2 aromatic rings. The van der Waals surface area contributed by atoms with Crippen molar-refractivity contribution in [2.24, 2.45) is 11.8 Å². The lowest BCUT2D eigenvalue weighted by Gasteiger charge is -2.27. The highest BCUT2D eigenvalue weighted by molar-refractivity contribution is 6.30. The molecule has 4 unspecified atom stereocenters. The first kappa shape index (κ1) is 15.2. The van der Waals surface area contributed by atoms with Crippen LogP contribution >= 0.6 is 11.6 Å². The second kappa shape index (κ2) is 5.92. The molecule has 7 heteroatoms. The van der Waals surface area contributed by atoms with Gasteiger partial charge in [-0.15, -0.1) is 0 Å². The number of imidazole rings is 1. The normalized spacial score (nSPS) is 32.0. The minimum atomic E-state index is -0.404. The topological polar surface area (TPSA) is 94.1 Å². The number of aliphatic hydroxyl groups is 2. The van der Waals surface area contributed by atoms with E-state index in [1.54, 1.807) is 6.33 Å². The highest BCUT2D eigenvalue weighted by atomic mass is 35.5. The molecule has 3 saturated carbocycles. The summed E-state index contributed by atoms with van der Waals surface area (Å²) in [5, 5.41) is 21.9. The van der Waals surface area contributed by atoms with Crippen LogP contribution in [0.25, 0.3) is 11.2 Å². The Labute approximate surface area is 139 Å². The Hall–Kier alpha value is -1.37. The Bertz CT molecular complexity index is 700. The first-order valence-electron chi connectivity index (χ1n) is 8.24. The van der Waals surface area contributed by atoms with Crippen molar-refractivity contribution in [2.75, 3.05) is 5.32 Å². The standard InChI is InChI=1S/C10H11ClN4.C6H10O2/c11-8-4-7(14-6-2-1-3-6)9-10(15-8)13-5-12-9;7-5-2-3-1-4(3)6(5)8/h4-6H,1-3H2,(H2,12,13,14,15);3-8H,1-2H2. The number of nitrogens with zero attached hydrogens (tertiary/aromatic N) is 2. The molecule has 0 bridgehead atoms. The number of aromatic amines is 1. The number of halogens is 1. The number of aliphatic hydroxyl groups excluding tert-OH is 2. The molecule has 0 saturated heterocycles. The van der Waals surface area contributed by atoms with Crippen molar-refractivity contribution in [3.8, 4) is 0 Å². The van der Waals surface area contributed by atoms with E-state index < -0.39 is 6.10 Å². The first-order chi connectivity index (χ1) is 11.1. The van der Waals surface area contributed by atoms with Gasteiger partial charge in [-0.05, 0) is 43.9 Å². The number of anilines is 1. The second-order valence-corrected chi connectivity index (χ2v) is 7.21. The zero-order valence-electron chi connectivity index (χ0n) is 12.7. The number of aromatic nitrogens is 3. The molecule has 0 radical (unpaired) electrons. The number of hydrogen-bond donors (Lipinski definition) is 4. The third-order valence-corrected chi connectivity index (χ3v) is 5.38. The van der Waals surface area contributed by atoms with Crippen LogP contribution < -0.4 is 5.32 Å². The van der Waals surface area contributed by atoms with Crippen LogP contribution in [0.4, 0.5) is 5.69 Å². The summed E-state index contributed by atoms with van der Waals surface area (Å²) in [4.78, 5) is 11.3. The van der Waals surface area contributed by atoms with Crippen LogP contribution in [0.1, 0.15) is 32.1 Å². The van der Waals surface area contributed by atoms with Gasteiger partial charge in [-0.1, -0.05) is 11.6 Å². The van der Waals surface area contributed by atoms with Crippen LogP contribution in [0, 0.1) is 11.8 Å². The van der Waals surface area contributed by atoms with Crippen LogP contribution in [0.5, 0.6) is 0 Å². The zero-order chi connectivity index (χ0) is 16.0. The number of fused-ring (bicyclic) bond motifs is 2. The maximum atomic E-state index is 9.06. The van der Waals surface area contributed by atoms with Crippen LogP contribution in [-0.4, -0.2) is 43.4 Å². The van der Waals surface area contributed by atoms with E-state index in [-0.39, 0.29) is 6.10 Å². The first-order valence-corrected chi connectivity index (χ1v) is 8.62. The molecule has 0 aliphatic heterocycles. The highest BCUT2D eigenvalue weighted by Crippen LogP contribution is 2.51. The molecule has 3 aliphatic rings. The van der Waals surface area contributed by atoms with E-state index in [0.29, 0.717) is 28.7 Å². The largest absolute Gasteiger partial charge is 0.390 e. The summed E-state index contributed by atoms with van der Waals surface area (Å²) in [6.45, 7) is 0. The maximum Gasteiger partial charge on any atom is 0.180 e. The summed E-state index contributed by atoms with van der Waals surface area (Å²) in [7, 11) is 0. The third-order valence-electron chi connectivity index (χ3n) is 5.18. The fraction of sp³-hybridized carbons (Fsp3) is 0.625. The third kappa shape index (κ3) is 3.03. The molecule has 23 heavy (non-hydrogen) atoms. The molecule has 2 heterocycles. The van der Waals surface area contributed by atoms with Gasteiger partial charge >= 0.3 is 0 Å². The highest BCUT2D eigenvalue weighted by Gasteiger charge is 2.52. The van der Waals surface area contributed by atoms with Gasteiger partial charge in [0.2, 0.25) is 0 Å². The van der Waals surface area contributed by atoms with Crippen molar-refractivity contribution < 1.29 is 10.2 Å². The van der Waals surface area contributed by atoms with Gasteiger partial charge < -0.3 is 20.5 Å². The Morgan fingerprint density at radius 1 is 1.26 bits per heavy atom. The SMILES string of the molecule is Clc1cc(NC2CCC2)c2[nH]cnc2n1.OC1CC2CC2C1O. The molecule has 3 fully saturated rings. The quantitative estimate of drug-likeness (QED) is 0.631. The monoisotopic (exact) mass is 336 g/mol. The van der Waals surface area contributed by atoms with Gasteiger partial charge in [0, 0.05) is 12.1 Å². The van der Waals surface area contributed by atoms with Crippen molar-refractivity contribution in [2.45, 2.75) is 50.4 Å². The van der Waals surface area contributed by atoms with Crippen LogP contribution in [0.15, 0.2) is 12.4 Å². The molecule has 124 valence electrons. The minimum absolute atomic E-state index is 0.389. The number of nitrogens with one attached hydrogen (secondary N) is 2. The Kier molecular flexibility index (Phi) is 3.91. The molecule has 0 amide bonds. The summed E-state index contributed by atoms with van der Waals surface area (Å²) in [6.07, 6.45) is 6.61. The van der Waals surface area contributed by atoms with E-state index >= 15 is 0 Å². The van der Waals surface area contributed by atoms with Crippen LogP contribution in [0.2, 0.25) is 5.15 Å². The van der Waals surface area contributed by atoms with Crippen molar-refractivity contribution in [3.05, 3.63) is 17.5 Å². The van der Waals surface area contributed by atoms with E-state index in [2.05, 4.69) is 20.3 Å². The van der Waals surface area contributed by atoms with E-state index in [1.165, 1.54) is 19.3 Å². The second-order valence-electron chi connectivity index (χ2n) is 6.82. The predicted molar refractivity (Wildman–Crippen MR) is 88.4 cm³/mol. The lowest BCUT2D eigenvalue weighted by Crippen LogP contribution is -2.27. The van der Waals surface area contributed by atoms with E-state index in [9.17, 15) is 0 Å². The van der Waals surface area contributed by atoms with Gasteiger partial charge in [0.15, 0.2) is 5.65 Å². The van der Waals surface area contributed by atoms with Crippen molar-refractivity contribution in [1.29, 1.82) is 0 Å². The summed E-state index contributed by atoms with van der Waals surface area (Å²) < 4.78 is 0. The van der Waals surface area contributed by atoms with E-state index in [1.807, 2.05) is 6.07 Å². The zero-order valence-corrected chi connectivity index (χ0v) is 13.5. The Morgan fingerprint density at radius 3 is 2.65 bits per heavy atom. The molecule has 5 rings (SSSR count). The lowest BCUT2D eigenvalue weighted by molar-refractivity contribution is 0.0252. The smallest absolute Gasteiger partial charge is 0.180 e. The van der Waals surface area contributed by atoms with Crippen molar-refractivity contribution in [3.63, 3.8) is 0 Å². The molecular formula is C16H21ClN4O2. The minimum Gasteiger partial charge on any atom is -0.390 e. The summed E-state index contributed by atoms with van der Waals surface area (Å²) in [5.41, 5.74) is 2.61. The molecule has 4 atom stereocenters. The van der Waals surface area contributed by atoms with Gasteiger partial charge in [-0.3, -0.25) is 0 Å². The van der Waals surface area contributed by atoms with Gasteiger partial charge in [-0.2, -0.15) is 0 Å². The lowest BCUT2D eigenvalue weighted by atomic mass is 9.93. The fourth-order valence-electron chi connectivity index (χ4n) is 3.48. The number of rotatable bonds is 2. The number of pyridine rings is 1. The molecule has 0 aromatic carbocycles. The molecular weight excluding hydrogens is 316 g/mol. The molecule has 2 aromatic heterocycles. The van der Waals surface area contributed by atoms with Gasteiger partial charge in [0.1, 0.15) is 10.7 Å². The maximum absolute atomic E-state index is 9.06. The number of hydrogen-bond acceptors (Lipinski definition) is 5. The number of H-pyrrole nitrogens is 1. The molecule has 6 nitrogen and oxygen atoms in total. The summed E-state index contributed by atoms with van der Waals surface area (Å²) >= 11 is 5.92. The fourth-order valence-corrected chi connectivity index (χ4v) is 3.67. The van der Waals surface area contributed by atoms with Crippen molar-refractivity contribution in [1.82, 2.24) is 15.0 Å². The van der Waals surface area contributed by atoms with Crippen molar-refractivity contribution >= 4 is 28.5 Å².